The maximum Gasteiger partial charge on any atom is 0.245 e. The van der Waals surface area contributed by atoms with Crippen molar-refractivity contribution in [2.45, 2.75) is 42.9 Å². The first-order valence-electron chi connectivity index (χ1n) is 15.8. The van der Waals surface area contributed by atoms with Crippen LogP contribution in [0.2, 0.25) is 0 Å². The number of phenolic OH excluding ortho intramolecular Hbond substituents is 1. The van der Waals surface area contributed by atoms with Crippen LogP contribution in [0, 0.1) is 0 Å². The molecule has 4 bridgehead atoms. The SMILES string of the molecule is CN1CC(=O)N2[C@@H](Cc3ccc(O)cc3)C(=O)N3CC(c4ccccc4)C4=C\C(O)C(NCc5ccccc5)(\C=C/C=C\4)N1[C@H]2C3. The summed E-state index contributed by atoms with van der Waals surface area (Å²) >= 11 is 0. The summed E-state index contributed by atoms with van der Waals surface area (Å²) in [5.41, 5.74) is 2.68. The number of hydrazine groups is 1. The third-order valence-corrected chi connectivity index (χ3v) is 9.66. The smallest absolute Gasteiger partial charge is 0.245 e. The Bertz CT molecular complexity index is 1670. The fourth-order valence-electron chi connectivity index (χ4n) is 7.43. The third-order valence-electron chi connectivity index (χ3n) is 9.66. The Morgan fingerprint density at radius 1 is 0.891 bits per heavy atom. The van der Waals surface area contributed by atoms with E-state index in [-0.39, 0.29) is 36.6 Å². The Labute approximate surface area is 269 Å². The van der Waals surface area contributed by atoms with Gasteiger partial charge < -0.3 is 20.0 Å². The quantitative estimate of drug-likeness (QED) is 0.391. The Morgan fingerprint density at radius 3 is 2.35 bits per heavy atom. The monoisotopic (exact) mass is 617 g/mol. The molecule has 3 heterocycles. The number of carbonyl (C=O) groups is 2. The Morgan fingerprint density at radius 2 is 1.61 bits per heavy atom. The zero-order chi connectivity index (χ0) is 31.8. The van der Waals surface area contributed by atoms with E-state index >= 15 is 0 Å². The van der Waals surface area contributed by atoms with Crippen molar-refractivity contribution in [1.82, 2.24) is 25.1 Å². The molecule has 236 valence electrons. The van der Waals surface area contributed by atoms with Crippen LogP contribution in [0.25, 0.3) is 0 Å². The second kappa shape index (κ2) is 12.3. The molecule has 7 rings (SSSR count). The fourth-order valence-corrected chi connectivity index (χ4v) is 7.43. The summed E-state index contributed by atoms with van der Waals surface area (Å²) in [4.78, 5) is 32.1. The molecule has 0 radical (unpaired) electrons. The van der Waals surface area contributed by atoms with E-state index in [0.717, 1.165) is 22.3 Å². The number of benzene rings is 3. The molecule has 9 heteroatoms. The van der Waals surface area contributed by atoms with E-state index in [0.29, 0.717) is 19.5 Å². The number of nitrogens with zero attached hydrogens (tertiary/aromatic N) is 4. The number of nitrogens with one attached hydrogen (secondary N) is 1. The van der Waals surface area contributed by atoms with Crippen LogP contribution in [-0.4, -0.2) is 92.5 Å². The molecular weight excluding hydrogens is 578 g/mol. The Hall–Kier alpha value is -4.54. The van der Waals surface area contributed by atoms with Crippen molar-refractivity contribution >= 4 is 11.8 Å². The predicted molar refractivity (Wildman–Crippen MR) is 175 cm³/mol. The van der Waals surface area contributed by atoms with Gasteiger partial charge in [-0.05, 0) is 46.5 Å². The van der Waals surface area contributed by atoms with Crippen LogP contribution in [0.15, 0.2) is 121 Å². The molecule has 2 fully saturated rings. The molecule has 46 heavy (non-hydrogen) atoms. The molecule has 3 aromatic rings. The molecule has 3 N–H and O–H groups in total. The Balaban J connectivity index is 1.41. The van der Waals surface area contributed by atoms with Crippen molar-refractivity contribution in [2.24, 2.45) is 0 Å². The summed E-state index contributed by atoms with van der Waals surface area (Å²) in [7, 11) is 1.87. The number of carbonyl (C=O) groups excluding carboxylic acids is 2. The number of aliphatic hydroxyl groups excluding tert-OH is 1. The number of fused-ring (bicyclic) bond motifs is 4. The number of rotatable bonds is 6. The van der Waals surface area contributed by atoms with Crippen LogP contribution in [0.4, 0.5) is 0 Å². The molecule has 3 aromatic carbocycles. The van der Waals surface area contributed by atoms with Crippen molar-refractivity contribution in [2.75, 3.05) is 26.7 Å². The largest absolute Gasteiger partial charge is 0.508 e. The van der Waals surface area contributed by atoms with Crippen molar-refractivity contribution in [3.8, 4) is 5.75 Å². The lowest BCUT2D eigenvalue weighted by Gasteiger charge is -2.61. The highest BCUT2D eigenvalue weighted by molar-refractivity contribution is 5.90. The first-order valence-corrected chi connectivity index (χ1v) is 15.8. The normalized spacial score (nSPS) is 30.7. The summed E-state index contributed by atoms with van der Waals surface area (Å²) in [5.74, 6) is -0.317. The van der Waals surface area contributed by atoms with Gasteiger partial charge in [0.05, 0.1) is 13.1 Å². The summed E-state index contributed by atoms with van der Waals surface area (Å²) < 4.78 is 0. The van der Waals surface area contributed by atoms with Gasteiger partial charge in [-0.2, -0.15) is 5.01 Å². The van der Waals surface area contributed by atoms with Crippen LogP contribution in [-0.2, 0) is 22.6 Å². The number of aromatic hydroxyl groups is 1. The van der Waals surface area contributed by atoms with Gasteiger partial charge in [-0.1, -0.05) is 91.0 Å². The van der Waals surface area contributed by atoms with Crippen LogP contribution >= 0.6 is 0 Å². The number of aliphatic hydroxyl groups is 1. The zero-order valence-corrected chi connectivity index (χ0v) is 25.8. The molecule has 2 amide bonds. The molecule has 0 aromatic heterocycles. The molecule has 9 nitrogen and oxygen atoms in total. The first-order chi connectivity index (χ1) is 22.3. The summed E-state index contributed by atoms with van der Waals surface area (Å²) in [6.07, 6.45) is 8.58. The molecule has 4 aliphatic rings. The van der Waals surface area contributed by atoms with Gasteiger partial charge >= 0.3 is 0 Å². The van der Waals surface area contributed by atoms with Gasteiger partial charge in [0.25, 0.3) is 0 Å². The lowest BCUT2D eigenvalue weighted by Crippen LogP contribution is -2.81. The minimum atomic E-state index is -1.17. The topological polar surface area (TPSA) is 99.6 Å². The highest BCUT2D eigenvalue weighted by atomic mass is 16.3. The number of allylic oxidation sites excluding steroid dienone is 3. The predicted octanol–water partition coefficient (Wildman–Crippen LogP) is 3.16. The maximum absolute atomic E-state index is 14.5. The van der Waals surface area contributed by atoms with Crippen LogP contribution in [0.5, 0.6) is 5.75 Å². The van der Waals surface area contributed by atoms with E-state index in [2.05, 4.69) is 22.5 Å². The van der Waals surface area contributed by atoms with E-state index in [1.165, 1.54) is 0 Å². The lowest BCUT2D eigenvalue weighted by molar-refractivity contribution is -0.234. The molecule has 2 saturated heterocycles. The number of likely N-dealkylation sites (N-methyl/N-ethyl adjacent to an activating group) is 1. The first kappa shape index (κ1) is 30.1. The number of amides is 2. The van der Waals surface area contributed by atoms with Gasteiger partial charge in [0.15, 0.2) is 0 Å². The maximum atomic E-state index is 14.5. The highest BCUT2D eigenvalue weighted by Gasteiger charge is 2.56. The lowest BCUT2D eigenvalue weighted by atomic mass is 9.84. The molecular formula is C37H39N5O4. The van der Waals surface area contributed by atoms with E-state index in [1.807, 2.05) is 95.9 Å². The summed E-state index contributed by atoms with van der Waals surface area (Å²) in [5, 5.41) is 30.0. The van der Waals surface area contributed by atoms with Gasteiger partial charge in [-0.3, -0.25) is 14.9 Å². The van der Waals surface area contributed by atoms with Gasteiger partial charge in [0, 0.05) is 32.5 Å². The third kappa shape index (κ3) is 5.45. The van der Waals surface area contributed by atoms with Gasteiger partial charge in [-0.15, -0.1) is 0 Å². The van der Waals surface area contributed by atoms with E-state index in [9.17, 15) is 19.8 Å². The van der Waals surface area contributed by atoms with Gasteiger partial charge in [-0.25, -0.2) is 5.01 Å². The number of hydrogen-bond donors (Lipinski definition) is 3. The van der Waals surface area contributed by atoms with Crippen molar-refractivity contribution < 1.29 is 19.8 Å². The van der Waals surface area contributed by atoms with Crippen molar-refractivity contribution in [1.29, 1.82) is 0 Å². The minimum Gasteiger partial charge on any atom is -0.508 e. The van der Waals surface area contributed by atoms with Gasteiger partial charge in [0.1, 0.15) is 29.7 Å². The molecule has 0 saturated carbocycles. The molecule has 1 aliphatic carbocycles. The second-order valence-corrected chi connectivity index (χ2v) is 12.5. The standard InChI is InChI=1S/C37H39N5O4/c1-39-25-35(45)41-32(20-26-15-17-30(43)18-16-26)36(46)40-23-31(28-12-6-3-7-13-28)29-14-8-9-19-37(33(44)21-29,42(39)34(41)24-40)38-22-27-10-4-2-5-11-27/h2-19,21,31-34,38,43-44H,20,22-25H2,1H3/b14-8-,19-9-,29-21-/t31?,32-,33?,34-,37?/m0/s1. The average Bonchev–Trinajstić information content (AvgIpc) is 3.05. The van der Waals surface area contributed by atoms with Gasteiger partial charge in [0.2, 0.25) is 11.8 Å². The molecule has 3 aliphatic heterocycles. The van der Waals surface area contributed by atoms with E-state index < -0.39 is 24.0 Å². The number of phenols is 1. The Kier molecular flexibility index (Phi) is 8.08. The van der Waals surface area contributed by atoms with Crippen molar-refractivity contribution in [3.63, 3.8) is 0 Å². The van der Waals surface area contributed by atoms with Crippen molar-refractivity contribution in [3.05, 3.63) is 138 Å². The molecule has 0 spiro atoms. The molecule has 5 atom stereocenters. The number of hydrogen-bond acceptors (Lipinski definition) is 7. The van der Waals surface area contributed by atoms with E-state index in [4.69, 9.17) is 0 Å². The second-order valence-electron chi connectivity index (χ2n) is 12.5. The van der Waals surface area contributed by atoms with E-state index in [1.54, 1.807) is 29.2 Å². The minimum absolute atomic E-state index is 0.0459. The summed E-state index contributed by atoms with van der Waals surface area (Å²) in [6, 6.07) is 26.2. The van der Waals surface area contributed by atoms with Crippen LogP contribution in [0.1, 0.15) is 22.6 Å². The number of piperazine rings is 1. The fraction of sp³-hybridized carbons (Fsp3) is 0.297. The van der Waals surface area contributed by atoms with Crippen LogP contribution < -0.4 is 5.32 Å². The highest BCUT2D eigenvalue weighted by Crippen LogP contribution is 2.39. The molecule has 3 unspecified atom stereocenters. The average molecular weight is 618 g/mol. The summed E-state index contributed by atoms with van der Waals surface area (Å²) in [6.45, 7) is 1.17. The zero-order valence-electron chi connectivity index (χ0n) is 25.8. The van der Waals surface area contributed by atoms with Crippen LogP contribution in [0.3, 0.4) is 0 Å².